The van der Waals surface area contributed by atoms with Gasteiger partial charge >= 0.3 is 5.97 Å². The molecule has 2 aromatic rings. The molecule has 0 saturated carbocycles. The molecule has 6 heteroatoms. The lowest BCUT2D eigenvalue weighted by Crippen LogP contribution is -2.04. The van der Waals surface area contributed by atoms with Crippen LogP contribution in [0.2, 0.25) is 0 Å². The molecule has 1 N–H and O–H groups in total. The second-order valence-corrected chi connectivity index (χ2v) is 4.14. The Morgan fingerprint density at radius 2 is 2.15 bits per heavy atom. The second kappa shape index (κ2) is 5.64. The van der Waals surface area contributed by atoms with Gasteiger partial charge in [0.1, 0.15) is 5.56 Å². The average molecular weight is 276 g/mol. The van der Waals surface area contributed by atoms with Gasteiger partial charge in [-0.25, -0.2) is 14.2 Å². The van der Waals surface area contributed by atoms with E-state index in [9.17, 15) is 9.18 Å². The molecule has 5 nitrogen and oxygen atoms in total. The second-order valence-electron chi connectivity index (χ2n) is 4.14. The van der Waals surface area contributed by atoms with Crippen LogP contribution in [0.25, 0.3) is 0 Å². The van der Waals surface area contributed by atoms with Crippen LogP contribution in [0.15, 0.2) is 24.4 Å². The van der Waals surface area contributed by atoms with Crippen LogP contribution in [-0.4, -0.2) is 21.0 Å². The summed E-state index contributed by atoms with van der Waals surface area (Å²) in [5.74, 6) is -2.37. The van der Waals surface area contributed by atoms with E-state index in [-0.39, 0.29) is 5.88 Å². The number of pyridine rings is 2. The Balaban J connectivity index is 2.40. The van der Waals surface area contributed by atoms with Crippen LogP contribution in [0.4, 0.5) is 4.39 Å². The van der Waals surface area contributed by atoms with Crippen LogP contribution in [0.5, 0.6) is 11.6 Å². The maximum absolute atomic E-state index is 13.9. The lowest BCUT2D eigenvalue weighted by atomic mass is 10.2. The van der Waals surface area contributed by atoms with Gasteiger partial charge in [-0.15, -0.1) is 0 Å². The molecule has 104 valence electrons. The van der Waals surface area contributed by atoms with E-state index < -0.39 is 17.3 Å². The van der Waals surface area contributed by atoms with Crippen molar-refractivity contribution in [1.29, 1.82) is 0 Å². The first-order chi connectivity index (χ1) is 9.52. The zero-order valence-corrected chi connectivity index (χ0v) is 11.1. The molecule has 0 unspecified atom stereocenters. The van der Waals surface area contributed by atoms with Gasteiger partial charge in [-0.3, -0.25) is 4.98 Å². The minimum Gasteiger partial charge on any atom is -0.478 e. The van der Waals surface area contributed by atoms with Crippen LogP contribution in [0, 0.1) is 12.7 Å². The number of halogens is 1. The Labute approximate surface area is 115 Å². The number of hydrogen-bond donors (Lipinski definition) is 1. The van der Waals surface area contributed by atoms with Crippen molar-refractivity contribution in [2.24, 2.45) is 0 Å². The highest BCUT2D eigenvalue weighted by Gasteiger charge is 2.17. The van der Waals surface area contributed by atoms with Gasteiger partial charge in [0.2, 0.25) is 0 Å². The zero-order valence-electron chi connectivity index (χ0n) is 11.1. The van der Waals surface area contributed by atoms with E-state index >= 15 is 0 Å². The summed E-state index contributed by atoms with van der Waals surface area (Å²) in [6, 6.07) is 4.47. The molecule has 0 amide bonds. The van der Waals surface area contributed by atoms with Gasteiger partial charge < -0.3 is 9.84 Å². The maximum Gasteiger partial charge on any atom is 0.338 e. The monoisotopic (exact) mass is 276 g/mol. The minimum atomic E-state index is -1.37. The van der Waals surface area contributed by atoms with Crippen LogP contribution in [0.3, 0.4) is 0 Å². The first-order valence-electron chi connectivity index (χ1n) is 6.05. The Morgan fingerprint density at radius 3 is 2.80 bits per heavy atom. The molecule has 0 aliphatic rings. The van der Waals surface area contributed by atoms with Crippen molar-refractivity contribution in [3.63, 3.8) is 0 Å². The third-order valence-electron chi connectivity index (χ3n) is 2.70. The van der Waals surface area contributed by atoms with E-state index in [1.807, 2.05) is 13.8 Å². The number of nitrogens with zero attached hydrogens (tertiary/aromatic N) is 2. The summed E-state index contributed by atoms with van der Waals surface area (Å²) < 4.78 is 19.3. The number of carboxylic acid groups (broad SMARTS) is 1. The molecule has 0 saturated heterocycles. The summed E-state index contributed by atoms with van der Waals surface area (Å²) in [4.78, 5) is 18.9. The third-order valence-corrected chi connectivity index (χ3v) is 2.70. The van der Waals surface area contributed by atoms with E-state index in [4.69, 9.17) is 9.84 Å². The fourth-order valence-electron chi connectivity index (χ4n) is 1.71. The Kier molecular flexibility index (Phi) is 3.93. The quantitative estimate of drug-likeness (QED) is 0.929. The molecule has 20 heavy (non-hydrogen) atoms. The highest BCUT2D eigenvalue weighted by atomic mass is 19.1. The van der Waals surface area contributed by atoms with Gasteiger partial charge in [-0.1, -0.05) is 6.92 Å². The van der Waals surface area contributed by atoms with E-state index in [0.717, 1.165) is 11.8 Å². The summed E-state index contributed by atoms with van der Waals surface area (Å²) in [6.07, 6.45) is 1.80. The molecule has 0 radical (unpaired) electrons. The molecule has 0 aromatic carbocycles. The maximum atomic E-state index is 13.9. The van der Waals surface area contributed by atoms with Crippen LogP contribution in [0.1, 0.15) is 28.7 Å². The molecular formula is C14H13FN2O3. The SMILES string of the molecule is CCc1nc(C)ccc1Oc1nccc(C(=O)O)c1F. The van der Waals surface area contributed by atoms with Crippen molar-refractivity contribution < 1.29 is 19.0 Å². The van der Waals surface area contributed by atoms with E-state index in [0.29, 0.717) is 17.9 Å². The zero-order chi connectivity index (χ0) is 14.7. The van der Waals surface area contributed by atoms with Gasteiger partial charge in [0, 0.05) is 11.9 Å². The largest absolute Gasteiger partial charge is 0.478 e. The van der Waals surface area contributed by atoms with Gasteiger partial charge in [-0.2, -0.15) is 0 Å². The normalized spacial score (nSPS) is 10.3. The number of aryl methyl sites for hydroxylation is 2. The number of aromatic nitrogens is 2. The molecule has 0 atom stereocenters. The highest BCUT2D eigenvalue weighted by molar-refractivity contribution is 5.88. The smallest absolute Gasteiger partial charge is 0.338 e. The fraction of sp³-hybridized carbons (Fsp3) is 0.214. The van der Waals surface area contributed by atoms with E-state index in [2.05, 4.69) is 9.97 Å². The number of hydrogen-bond acceptors (Lipinski definition) is 4. The van der Waals surface area contributed by atoms with Gasteiger partial charge in [0.25, 0.3) is 5.88 Å². The molecule has 0 aliphatic heterocycles. The first kappa shape index (κ1) is 13.9. The molecule has 2 aromatic heterocycles. The van der Waals surface area contributed by atoms with Crippen molar-refractivity contribution in [2.45, 2.75) is 20.3 Å². The van der Waals surface area contributed by atoms with Gasteiger partial charge in [0.15, 0.2) is 11.6 Å². The molecule has 0 aliphatic carbocycles. The van der Waals surface area contributed by atoms with Crippen LogP contribution in [-0.2, 0) is 6.42 Å². The number of aromatic carboxylic acids is 1. The predicted molar refractivity (Wildman–Crippen MR) is 69.6 cm³/mol. The summed E-state index contributed by atoms with van der Waals surface area (Å²) in [5.41, 5.74) is 1.00. The minimum absolute atomic E-state index is 0.368. The molecular weight excluding hydrogens is 263 g/mol. The molecule has 2 heterocycles. The van der Waals surface area contributed by atoms with E-state index in [1.165, 1.54) is 6.20 Å². The topological polar surface area (TPSA) is 72.3 Å². The molecule has 0 bridgehead atoms. The number of ether oxygens (including phenoxy) is 1. The van der Waals surface area contributed by atoms with Crippen LogP contribution >= 0.6 is 0 Å². The van der Waals surface area contributed by atoms with Crippen LogP contribution < -0.4 is 4.74 Å². The summed E-state index contributed by atoms with van der Waals surface area (Å²) in [6.45, 7) is 3.74. The lowest BCUT2D eigenvalue weighted by Gasteiger charge is -2.10. The van der Waals surface area contributed by atoms with Crippen molar-refractivity contribution in [2.75, 3.05) is 0 Å². The molecule has 0 spiro atoms. The van der Waals surface area contributed by atoms with Crippen molar-refractivity contribution >= 4 is 5.97 Å². The standard InChI is InChI=1S/C14H13FN2O3/c1-3-10-11(5-4-8(2)17-10)20-13-12(15)9(14(18)19)6-7-16-13/h4-7H,3H2,1-2H3,(H,18,19). The third kappa shape index (κ3) is 2.74. The van der Waals surface area contributed by atoms with Gasteiger partial charge in [-0.05, 0) is 31.5 Å². The summed E-state index contributed by atoms with van der Waals surface area (Å²) in [5, 5.41) is 8.86. The average Bonchev–Trinajstić information content (AvgIpc) is 2.42. The highest BCUT2D eigenvalue weighted by Crippen LogP contribution is 2.26. The van der Waals surface area contributed by atoms with Crippen molar-refractivity contribution in [1.82, 2.24) is 9.97 Å². The lowest BCUT2D eigenvalue weighted by molar-refractivity contribution is 0.0690. The number of rotatable bonds is 4. The number of carboxylic acids is 1. The van der Waals surface area contributed by atoms with Crippen molar-refractivity contribution in [3.8, 4) is 11.6 Å². The predicted octanol–water partition coefficient (Wildman–Crippen LogP) is 2.98. The molecule has 0 fully saturated rings. The Bertz CT molecular complexity index is 659. The number of carbonyl (C=O) groups is 1. The van der Waals surface area contributed by atoms with E-state index in [1.54, 1.807) is 12.1 Å². The fourth-order valence-corrected chi connectivity index (χ4v) is 1.71. The van der Waals surface area contributed by atoms with Gasteiger partial charge in [0.05, 0.1) is 5.69 Å². The summed E-state index contributed by atoms with van der Waals surface area (Å²) in [7, 11) is 0. The first-order valence-corrected chi connectivity index (χ1v) is 6.05. The Morgan fingerprint density at radius 1 is 1.40 bits per heavy atom. The summed E-state index contributed by atoms with van der Waals surface area (Å²) >= 11 is 0. The van der Waals surface area contributed by atoms with Crippen molar-refractivity contribution in [3.05, 3.63) is 47.2 Å². The molecule has 2 rings (SSSR count). The Hall–Kier alpha value is -2.50.